The van der Waals surface area contributed by atoms with Crippen LogP contribution in [0.15, 0.2) is 18.2 Å². The third kappa shape index (κ3) is 4.02. The first-order valence-electron chi connectivity index (χ1n) is 5.17. The van der Waals surface area contributed by atoms with Crippen LogP contribution in [0.5, 0.6) is 0 Å². The number of halogens is 2. The smallest absolute Gasteiger partial charge is 0.0456 e. The summed E-state index contributed by atoms with van der Waals surface area (Å²) >= 11 is 6.12. The fraction of sp³-hybridized carbons (Fsp3) is 0.500. The molecule has 1 rings (SSSR count). The molecule has 0 saturated carbocycles. The molecule has 1 aromatic rings. The first-order chi connectivity index (χ1) is 6.66. The van der Waals surface area contributed by atoms with Crippen LogP contribution in [0.4, 0.5) is 0 Å². The summed E-state index contributed by atoms with van der Waals surface area (Å²) in [4.78, 5) is 0. The highest BCUT2D eigenvalue weighted by Gasteiger charge is 2.11. The van der Waals surface area contributed by atoms with Gasteiger partial charge in [-0.15, -0.1) is 12.4 Å². The van der Waals surface area contributed by atoms with Crippen LogP contribution in [0.1, 0.15) is 43.4 Å². The summed E-state index contributed by atoms with van der Waals surface area (Å²) in [5.41, 5.74) is 8.41. The first kappa shape index (κ1) is 14.8. The molecule has 0 radical (unpaired) electrons. The van der Waals surface area contributed by atoms with Crippen molar-refractivity contribution in [3.8, 4) is 0 Å². The van der Waals surface area contributed by atoms with Gasteiger partial charge >= 0.3 is 0 Å². The Morgan fingerprint density at radius 3 is 2.60 bits per heavy atom. The Morgan fingerprint density at radius 1 is 1.40 bits per heavy atom. The van der Waals surface area contributed by atoms with Crippen LogP contribution in [-0.2, 0) is 0 Å². The van der Waals surface area contributed by atoms with Crippen molar-refractivity contribution < 1.29 is 0 Å². The van der Waals surface area contributed by atoms with Crippen molar-refractivity contribution in [1.29, 1.82) is 0 Å². The summed E-state index contributed by atoms with van der Waals surface area (Å²) in [5, 5.41) is 0.800. The summed E-state index contributed by atoms with van der Waals surface area (Å²) in [6.07, 6.45) is 3.35. The summed E-state index contributed by atoms with van der Waals surface area (Å²) < 4.78 is 0. The van der Waals surface area contributed by atoms with Gasteiger partial charge in [0.15, 0.2) is 0 Å². The lowest BCUT2D eigenvalue weighted by atomic mass is 9.98. The van der Waals surface area contributed by atoms with Gasteiger partial charge < -0.3 is 5.73 Å². The maximum atomic E-state index is 6.12. The summed E-state index contributed by atoms with van der Waals surface area (Å²) in [7, 11) is 0. The largest absolute Gasteiger partial charge is 0.324 e. The van der Waals surface area contributed by atoms with E-state index in [4.69, 9.17) is 17.3 Å². The molecule has 1 nitrogen and oxygen atoms in total. The van der Waals surface area contributed by atoms with Crippen LogP contribution in [0.2, 0.25) is 5.02 Å². The van der Waals surface area contributed by atoms with E-state index in [1.54, 1.807) is 0 Å². The number of aryl methyl sites for hydroxylation is 1. The number of unbranched alkanes of at least 4 members (excludes halogenated alkanes) is 1. The van der Waals surface area contributed by atoms with E-state index < -0.39 is 0 Å². The van der Waals surface area contributed by atoms with E-state index in [1.165, 1.54) is 12.0 Å². The molecule has 1 atom stereocenters. The number of nitrogens with two attached hydrogens (primary N) is 1. The fourth-order valence-corrected chi connectivity index (χ4v) is 2.04. The van der Waals surface area contributed by atoms with Gasteiger partial charge in [0.1, 0.15) is 0 Å². The Kier molecular flexibility index (Phi) is 6.99. The van der Waals surface area contributed by atoms with Gasteiger partial charge in [-0.25, -0.2) is 0 Å². The van der Waals surface area contributed by atoms with Crippen molar-refractivity contribution >= 4 is 24.0 Å². The van der Waals surface area contributed by atoms with E-state index in [1.807, 2.05) is 12.1 Å². The maximum Gasteiger partial charge on any atom is 0.0456 e. The van der Waals surface area contributed by atoms with Crippen LogP contribution in [-0.4, -0.2) is 0 Å². The second kappa shape index (κ2) is 7.10. The molecular weight excluding hydrogens is 229 g/mol. The lowest BCUT2D eigenvalue weighted by Crippen LogP contribution is -2.12. The van der Waals surface area contributed by atoms with E-state index >= 15 is 0 Å². The number of hydrogen-bond donors (Lipinski definition) is 1. The summed E-state index contributed by atoms with van der Waals surface area (Å²) in [6, 6.07) is 6.03. The molecule has 3 heteroatoms. The average molecular weight is 248 g/mol. The molecule has 86 valence electrons. The number of benzene rings is 1. The van der Waals surface area contributed by atoms with Gasteiger partial charge in [-0.2, -0.15) is 0 Å². The van der Waals surface area contributed by atoms with Crippen LogP contribution >= 0.6 is 24.0 Å². The number of hydrogen-bond acceptors (Lipinski definition) is 1. The molecule has 0 aromatic heterocycles. The predicted molar refractivity (Wildman–Crippen MR) is 69.9 cm³/mol. The molecule has 0 saturated heterocycles. The van der Waals surface area contributed by atoms with Gasteiger partial charge in [0.05, 0.1) is 0 Å². The van der Waals surface area contributed by atoms with Crippen molar-refractivity contribution in [3.63, 3.8) is 0 Å². The zero-order valence-electron chi connectivity index (χ0n) is 9.29. The molecule has 15 heavy (non-hydrogen) atoms. The number of rotatable bonds is 4. The van der Waals surface area contributed by atoms with Crippen molar-refractivity contribution in [2.45, 2.75) is 39.2 Å². The Hall–Kier alpha value is -0.240. The highest BCUT2D eigenvalue weighted by Crippen LogP contribution is 2.27. The minimum atomic E-state index is 0. The quantitative estimate of drug-likeness (QED) is 0.846. The molecule has 0 amide bonds. The molecule has 2 N–H and O–H groups in total. The highest BCUT2D eigenvalue weighted by molar-refractivity contribution is 6.31. The Bertz CT molecular complexity index is 279. The Labute approximate surface area is 103 Å². The van der Waals surface area contributed by atoms with Gasteiger partial charge in [0.2, 0.25) is 0 Å². The van der Waals surface area contributed by atoms with Gasteiger partial charge in [-0.3, -0.25) is 0 Å². The van der Waals surface area contributed by atoms with Crippen LogP contribution in [0.25, 0.3) is 0 Å². The second-order valence-corrected chi connectivity index (χ2v) is 4.13. The zero-order chi connectivity index (χ0) is 10.6. The van der Waals surface area contributed by atoms with E-state index in [-0.39, 0.29) is 18.4 Å². The highest BCUT2D eigenvalue weighted by atomic mass is 35.5. The maximum absolute atomic E-state index is 6.12. The molecule has 0 bridgehead atoms. The lowest BCUT2D eigenvalue weighted by molar-refractivity contribution is 0.601. The van der Waals surface area contributed by atoms with Gasteiger partial charge in [-0.1, -0.05) is 43.5 Å². The summed E-state index contributed by atoms with van der Waals surface area (Å²) in [6.45, 7) is 4.24. The third-order valence-electron chi connectivity index (χ3n) is 2.51. The molecule has 0 heterocycles. The minimum absolute atomic E-state index is 0. The lowest BCUT2D eigenvalue weighted by Gasteiger charge is -2.15. The monoisotopic (exact) mass is 247 g/mol. The normalized spacial score (nSPS) is 12.0. The molecular formula is C12H19Cl2N. The molecule has 0 unspecified atom stereocenters. The van der Waals surface area contributed by atoms with Crippen molar-refractivity contribution in [1.82, 2.24) is 0 Å². The molecule has 0 aliphatic heterocycles. The summed E-state index contributed by atoms with van der Waals surface area (Å²) in [5.74, 6) is 0. The Morgan fingerprint density at radius 2 is 2.07 bits per heavy atom. The molecule has 0 aliphatic rings. The van der Waals surface area contributed by atoms with E-state index in [0.717, 1.165) is 23.4 Å². The van der Waals surface area contributed by atoms with Crippen molar-refractivity contribution in [2.75, 3.05) is 0 Å². The van der Waals surface area contributed by atoms with Crippen LogP contribution in [0.3, 0.4) is 0 Å². The molecule has 1 aromatic carbocycles. The fourth-order valence-electron chi connectivity index (χ4n) is 1.68. The van der Waals surface area contributed by atoms with Crippen molar-refractivity contribution in [2.24, 2.45) is 5.73 Å². The van der Waals surface area contributed by atoms with Gasteiger partial charge in [0.25, 0.3) is 0 Å². The van der Waals surface area contributed by atoms with Gasteiger partial charge in [0, 0.05) is 11.1 Å². The Balaban J connectivity index is 0.00000196. The first-order valence-corrected chi connectivity index (χ1v) is 5.55. The zero-order valence-corrected chi connectivity index (χ0v) is 10.9. The molecule has 0 aliphatic carbocycles. The minimum Gasteiger partial charge on any atom is -0.324 e. The molecule has 0 fully saturated rings. The van der Waals surface area contributed by atoms with E-state index in [0.29, 0.717) is 0 Å². The standard InChI is InChI=1S/C12H18ClN.ClH/c1-3-4-8-11(14)12-9(2)6-5-7-10(12)13;/h5-7,11H,3-4,8,14H2,1-2H3;1H/t11-;/m1./s1. The topological polar surface area (TPSA) is 26.0 Å². The SMILES string of the molecule is CCCC[C@@H](N)c1c(C)cccc1Cl.Cl. The van der Waals surface area contributed by atoms with Crippen molar-refractivity contribution in [3.05, 3.63) is 34.3 Å². The van der Waals surface area contributed by atoms with Crippen LogP contribution < -0.4 is 5.73 Å². The van der Waals surface area contributed by atoms with Gasteiger partial charge in [-0.05, 0) is 30.5 Å². The predicted octanol–water partition coefficient (Wildman–Crippen LogP) is 4.26. The van der Waals surface area contributed by atoms with E-state index in [2.05, 4.69) is 19.9 Å². The second-order valence-electron chi connectivity index (χ2n) is 3.72. The van der Waals surface area contributed by atoms with Crippen LogP contribution in [0, 0.1) is 6.92 Å². The average Bonchev–Trinajstić information content (AvgIpc) is 2.14. The van der Waals surface area contributed by atoms with E-state index in [9.17, 15) is 0 Å². The third-order valence-corrected chi connectivity index (χ3v) is 2.84. The molecule has 0 spiro atoms.